The Morgan fingerprint density at radius 3 is 2.37 bits per heavy atom. The second kappa shape index (κ2) is 16.2. The largest absolute Gasteiger partial charge is 0.484 e. The summed E-state index contributed by atoms with van der Waals surface area (Å²) in [6.07, 6.45) is 4.91. The number of aromatic nitrogens is 2. The molecule has 0 spiro atoms. The van der Waals surface area contributed by atoms with Crippen LogP contribution in [0.3, 0.4) is 0 Å². The van der Waals surface area contributed by atoms with Gasteiger partial charge in [-0.2, -0.15) is 5.10 Å². The smallest absolute Gasteiger partial charge is 0.258 e. The maximum absolute atomic E-state index is 13.9. The van der Waals surface area contributed by atoms with E-state index in [0.29, 0.717) is 25.1 Å². The molecule has 0 saturated carbocycles. The van der Waals surface area contributed by atoms with E-state index in [1.807, 2.05) is 66.9 Å². The van der Waals surface area contributed by atoms with Crippen LogP contribution in [0.1, 0.15) is 36.5 Å². The molecule has 4 atom stereocenters. The number of amides is 5. The lowest BCUT2D eigenvalue weighted by molar-refractivity contribution is -0.142. The fourth-order valence-electron chi connectivity index (χ4n) is 6.28. The molecule has 13 heteroatoms. The monoisotopic (exact) mass is 691 g/mol. The van der Waals surface area contributed by atoms with Gasteiger partial charge in [0.25, 0.3) is 5.91 Å². The van der Waals surface area contributed by atoms with E-state index in [4.69, 9.17) is 4.74 Å². The zero-order valence-corrected chi connectivity index (χ0v) is 28.3. The van der Waals surface area contributed by atoms with Crippen LogP contribution in [0.2, 0.25) is 0 Å². The van der Waals surface area contributed by atoms with Gasteiger partial charge in [0.1, 0.15) is 29.9 Å². The number of rotatable bonds is 6. The number of fused-ring (bicyclic) bond motifs is 13. The fourth-order valence-corrected chi connectivity index (χ4v) is 6.28. The predicted octanol–water partition coefficient (Wildman–Crippen LogP) is 1.83. The van der Waals surface area contributed by atoms with Crippen molar-refractivity contribution in [3.63, 3.8) is 0 Å². The highest BCUT2D eigenvalue weighted by Gasteiger charge is 2.39. The SMILES string of the molecule is C[C@@H]1NC(=O)[C@H]2CCCN2C(=O)[C@@H](Cc2ccccc2)NC(=O)COc2ccc(cc2)C[C@@H](C(=O)NCc2ccc(-n3cccn3)cc2)NC1=O. The summed E-state index contributed by atoms with van der Waals surface area (Å²) in [6.45, 7) is 1.76. The second-order valence-electron chi connectivity index (χ2n) is 12.8. The van der Waals surface area contributed by atoms with Crippen molar-refractivity contribution in [3.8, 4) is 11.4 Å². The molecule has 0 radical (unpaired) electrons. The predicted molar refractivity (Wildman–Crippen MR) is 187 cm³/mol. The summed E-state index contributed by atoms with van der Waals surface area (Å²) in [5, 5.41) is 15.5. The molecular formula is C38H41N7O6. The molecule has 264 valence electrons. The Balaban J connectivity index is 1.19. The van der Waals surface area contributed by atoms with Gasteiger partial charge >= 0.3 is 0 Å². The Morgan fingerprint density at radius 2 is 1.65 bits per heavy atom. The molecule has 1 fully saturated rings. The van der Waals surface area contributed by atoms with E-state index in [1.165, 1.54) is 11.8 Å². The molecule has 13 nitrogen and oxygen atoms in total. The summed E-state index contributed by atoms with van der Waals surface area (Å²) in [5.74, 6) is -1.89. The second-order valence-corrected chi connectivity index (χ2v) is 12.8. The fraction of sp³-hybridized carbons (Fsp3) is 0.316. The van der Waals surface area contributed by atoms with Crippen molar-refractivity contribution in [2.24, 2.45) is 0 Å². The van der Waals surface area contributed by atoms with Crippen LogP contribution in [-0.2, 0) is 43.4 Å². The number of hydrogen-bond donors (Lipinski definition) is 4. The first-order valence-corrected chi connectivity index (χ1v) is 17.1. The van der Waals surface area contributed by atoms with Crippen LogP contribution in [0, 0.1) is 0 Å². The Morgan fingerprint density at radius 1 is 0.882 bits per heavy atom. The van der Waals surface area contributed by atoms with Crippen LogP contribution >= 0.6 is 0 Å². The van der Waals surface area contributed by atoms with Crippen LogP contribution in [0.4, 0.5) is 0 Å². The Hall–Kier alpha value is -5.98. The van der Waals surface area contributed by atoms with Gasteiger partial charge in [-0.1, -0.05) is 54.6 Å². The average molecular weight is 692 g/mol. The third kappa shape index (κ3) is 8.98. The maximum atomic E-state index is 13.9. The van der Waals surface area contributed by atoms with Crippen LogP contribution in [0.15, 0.2) is 97.3 Å². The zero-order chi connectivity index (χ0) is 35.7. The van der Waals surface area contributed by atoms with Gasteiger partial charge in [0, 0.05) is 38.3 Å². The number of benzene rings is 3. The molecule has 5 amide bonds. The lowest BCUT2D eigenvalue weighted by atomic mass is 10.0. The summed E-state index contributed by atoms with van der Waals surface area (Å²) in [5.41, 5.74) is 3.32. The number of nitrogens with zero attached hydrogens (tertiary/aromatic N) is 3. The minimum absolute atomic E-state index is 0.156. The van der Waals surface area contributed by atoms with E-state index in [-0.39, 0.29) is 26.0 Å². The van der Waals surface area contributed by atoms with Crippen LogP contribution in [-0.4, -0.2) is 81.5 Å². The maximum Gasteiger partial charge on any atom is 0.258 e. The standard InChI is InChI=1S/C38H41N7O6/c1-25-35(47)43-31(36(48)39-23-28-10-14-29(15-11-28)45-20-6-18-40-45)21-27-12-16-30(17-13-27)51-24-34(46)42-32(22-26-7-3-2-4-8-26)38(50)44-19-5-9-33(44)37(49)41-25/h2-4,6-8,10-18,20,25,31-33H,5,9,19,21-24H2,1H3,(H,39,48)(H,41,49)(H,42,46)(H,43,47)/t25-,31-,32+,33+/m0/s1. The Kier molecular flexibility index (Phi) is 11.0. The quantitative estimate of drug-likeness (QED) is 0.240. The molecule has 0 aliphatic carbocycles. The highest BCUT2D eigenvalue weighted by Crippen LogP contribution is 2.21. The molecule has 4 heterocycles. The van der Waals surface area contributed by atoms with E-state index in [2.05, 4.69) is 26.4 Å². The van der Waals surface area contributed by atoms with Crippen LogP contribution in [0.25, 0.3) is 5.69 Å². The Bertz CT molecular complexity index is 1830. The summed E-state index contributed by atoms with van der Waals surface area (Å²) in [7, 11) is 0. The van der Waals surface area contributed by atoms with Gasteiger partial charge in [-0.15, -0.1) is 0 Å². The van der Waals surface area contributed by atoms with Crippen LogP contribution in [0.5, 0.6) is 5.75 Å². The molecule has 1 aromatic heterocycles. The number of carbonyl (C=O) groups is 5. The van der Waals surface area contributed by atoms with E-state index in [9.17, 15) is 24.0 Å². The minimum atomic E-state index is -1.00. The molecule has 3 aliphatic heterocycles. The van der Waals surface area contributed by atoms with Crippen molar-refractivity contribution >= 4 is 29.5 Å². The van der Waals surface area contributed by atoms with Gasteiger partial charge in [-0.25, -0.2) is 4.68 Å². The van der Waals surface area contributed by atoms with E-state index in [0.717, 1.165) is 22.4 Å². The first kappa shape index (κ1) is 34.9. The van der Waals surface area contributed by atoms with Gasteiger partial charge in [0.05, 0.1) is 5.69 Å². The third-order valence-electron chi connectivity index (χ3n) is 9.04. The summed E-state index contributed by atoms with van der Waals surface area (Å²) in [6, 6.07) is 21.9. The van der Waals surface area contributed by atoms with Crippen LogP contribution < -0.4 is 26.0 Å². The number of hydrogen-bond acceptors (Lipinski definition) is 7. The molecule has 3 aromatic carbocycles. The van der Waals surface area contributed by atoms with Crippen molar-refractivity contribution in [3.05, 3.63) is 114 Å². The summed E-state index contributed by atoms with van der Waals surface area (Å²) >= 11 is 0. The first-order chi connectivity index (χ1) is 24.7. The molecular weight excluding hydrogens is 650 g/mol. The van der Waals surface area contributed by atoms with Crippen molar-refractivity contribution in [2.45, 2.75) is 63.3 Å². The lowest BCUT2D eigenvalue weighted by Crippen LogP contribution is -2.57. The van der Waals surface area contributed by atoms with Crippen molar-refractivity contribution in [2.75, 3.05) is 13.2 Å². The first-order valence-electron chi connectivity index (χ1n) is 17.1. The summed E-state index contributed by atoms with van der Waals surface area (Å²) in [4.78, 5) is 69.0. The van der Waals surface area contributed by atoms with E-state index in [1.54, 1.807) is 35.1 Å². The van der Waals surface area contributed by atoms with E-state index < -0.39 is 53.7 Å². The van der Waals surface area contributed by atoms with Gasteiger partial charge in [-0.05, 0) is 66.8 Å². The lowest BCUT2D eigenvalue weighted by Gasteiger charge is -2.29. The van der Waals surface area contributed by atoms with Gasteiger partial charge < -0.3 is 30.9 Å². The zero-order valence-electron chi connectivity index (χ0n) is 28.3. The van der Waals surface area contributed by atoms with Crippen molar-refractivity contribution in [1.82, 2.24) is 35.9 Å². The molecule has 2 bridgehead atoms. The molecule has 0 unspecified atom stereocenters. The minimum Gasteiger partial charge on any atom is -0.484 e. The van der Waals surface area contributed by atoms with Gasteiger partial charge in [-0.3, -0.25) is 24.0 Å². The number of nitrogens with one attached hydrogen (secondary N) is 4. The molecule has 3 aliphatic rings. The molecule has 7 rings (SSSR count). The topological polar surface area (TPSA) is 164 Å². The molecule has 4 aromatic rings. The highest BCUT2D eigenvalue weighted by molar-refractivity contribution is 5.96. The van der Waals surface area contributed by atoms with Gasteiger partial charge in [0.2, 0.25) is 23.6 Å². The van der Waals surface area contributed by atoms with Gasteiger partial charge in [0.15, 0.2) is 6.61 Å². The number of carbonyl (C=O) groups excluding carboxylic acids is 5. The average Bonchev–Trinajstić information content (AvgIpc) is 3.87. The Labute approximate surface area is 295 Å². The van der Waals surface area contributed by atoms with E-state index >= 15 is 0 Å². The molecule has 51 heavy (non-hydrogen) atoms. The highest BCUT2D eigenvalue weighted by atomic mass is 16.5. The van der Waals surface area contributed by atoms with Crippen molar-refractivity contribution < 1.29 is 28.7 Å². The normalized spacial score (nSPS) is 21.6. The molecule has 1 saturated heterocycles. The number of ether oxygens (including phenoxy) is 1. The third-order valence-corrected chi connectivity index (χ3v) is 9.04. The summed E-state index contributed by atoms with van der Waals surface area (Å²) < 4.78 is 7.48. The molecule has 4 N–H and O–H groups in total. The van der Waals surface area contributed by atoms with Crippen molar-refractivity contribution in [1.29, 1.82) is 0 Å².